The highest BCUT2D eigenvalue weighted by Crippen LogP contribution is 2.32. The van der Waals surface area contributed by atoms with Crippen LogP contribution < -0.4 is 5.32 Å². The van der Waals surface area contributed by atoms with Gasteiger partial charge in [-0.2, -0.15) is 5.26 Å². The zero-order valence-electron chi connectivity index (χ0n) is 12.3. The Morgan fingerprint density at radius 1 is 1.26 bits per heavy atom. The average Bonchev–Trinajstić information content (AvgIpc) is 2.97. The molecule has 0 saturated carbocycles. The van der Waals surface area contributed by atoms with Crippen molar-refractivity contribution in [2.24, 2.45) is 0 Å². The van der Waals surface area contributed by atoms with E-state index in [2.05, 4.69) is 16.4 Å². The van der Waals surface area contributed by atoms with Gasteiger partial charge in [-0.25, -0.2) is 4.98 Å². The van der Waals surface area contributed by atoms with Gasteiger partial charge in [-0.15, -0.1) is 11.3 Å². The fourth-order valence-electron chi connectivity index (χ4n) is 1.98. The second-order valence-corrected chi connectivity index (χ2v) is 7.50. The van der Waals surface area contributed by atoms with E-state index in [4.69, 9.17) is 5.26 Å². The Bertz CT molecular complexity index is 848. The van der Waals surface area contributed by atoms with Gasteiger partial charge in [0.25, 0.3) is 0 Å². The molecule has 0 aliphatic rings. The number of nitrogens with one attached hydrogen (secondary N) is 1. The molecule has 4 nitrogen and oxygen atoms in total. The maximum Gasteiger partial charge on any atom is 0.237 e. The number of fused-ring (bicyclic) bond motifs is 1. The lowest BCUT2D eigenvalue weighted by atomic mass is 10.2. The molecule has 3 rings (SSSR count). The number of carbonyl (C=O) groups is 1. The van der Waals surface area contributed by atoms with Crippen molar-refractivity contribution >= 4 is 44.9 Å². The second kappa shape index (κ2) is 6.82. The molecule has 6 heteroatoms. The standard InChI is InChI=1S/C17H13N3OS2/c1-11(16(21)19-13-8-6-12(10-18)7-9-13)22-17-20-14-4-2-3-5-15(14)23-17/h2-9,11H,1H3,(H,19,21). The van der Waals surface area contributed by atoms with Crippen LogP contribution in [0.4, 0.5) is 5.69 Å². The number of anilines is 1. The van der Waals surface area contributed by atoms with Crippen LogP contribution in [0.2, 0.25) is 0 Å². The highest BCUT2D eigenvalue weighted by Gasteiger charge is 2.17. The Morgan fingerprint density at radius 2 is 2.00 bits per heavy atom. The van der Waals surface area contributed by atoms with Crippen LogP contribution in [0.25, 0.3) is 10.2 Å². The molecule has 1 unspecified atom stereocenters. The van der Waals surface area contributed by atoms with Gasteiger partial charge in [-0.05, 0) is 43.3 Å². The van der Waals surface area contributed by atoms with Gasteiger partial charge in [0.2, 0.25) is 5.91 Å². The van der Waals surface area contributed by atoms with E-state index in [1.54, 1.807) is 35.6 Å². The number of hydrogen-bond donors (Lipinski definition) is 1. The summed E-state index contributed by atoms with van der Waals surface area (Å²) in [6, 6.07) is 16.8. The molecule has 0 radical (unpaired) electrons. The smallest absolute Gasteiger partial charge is 0.237 e. The Hall–Kier alpha value is -2.36. The van der Waals surface area contributed by atoms with Crippen molar-refractivity contribution in [1.82, 2.24) is 4.98 Å². The van der Waals surface area contributed by atoms with Gasteiger partial charge in [-0.1, -0.05) is 23.9 Å². The molecule has 1 atom stereocenters. The first-order chi connectivity index (χ1) is 11.2. The molecule has 2 aromatic carbocycles. The number of nitrogens with zero attached hydrogens (tertiary/aromatic N) is 2. The number of rotatable bonds is 4. The maximum atomic E-state index is 12.3. The van der Waals surface area contributed by atoms with Gasteiger partial charge in [0.1, 0.15) is 0 Å². The van der Waals surface area contributed by atoms with Gasteiger partial charge in [0.05, 0.1) is 27.1 Å². The minimum absolute atomic E-state index is 0.0843. The van der Waals surface area contributed by atoms with E-state index in [1.807, 2.05) is 31.2 Å². The molecule has 1 heterocycles. The van der Waals surface area contributed by atoms with Crippen LogP contribution in [0.3, 0.4) is 0 Å². The lowest BCUT2D eigenvalue weighted by molar-refractivity contribution is -0.115. The number of hydrogen-bond acceptors (Lipinski definition) is 5. The van der Waals surface area contributed by atoms with Gasteiger partial charge in [0.15, 0.2) is 4.34 Å². The molecule has 0 fully saturated rings. The normalized spacial score (nSPS) is 11.8. The first-order valence-corrected chi connectivity index (χ1v) is 8.68. The molecular formula is C17H13N3OS2. The molecular weight excluding hydrogens is 326 g/mol. The van der Waals surface area contributed by atoms with Crippen LogP contribution >= 0.6 is 23.1 Å². The minimum Gasteiger partial charge on any atom is -0.325 e. The fourth-order valence-corrected chi connectivity index (χ4v) is 4.19. The minimum atomic E-state index is -0.258. The summed E-state index contributed by atoms with van der Waals surface area (Å²) in [6.07, 6.45) is 0. The molecule has 1 aromatic heterocycles. The van der Waals surface area contributed by atoms with E-state index >= 15 is 0 Å². The average molecular weight is 339 g/mol. The van der Waals surface area contributed by atoms with Crippen LogP contribution in [-0.4, -0.2) is 16.1 Å². The van der Waals surface area contributed by atoms with Crippen molar-refractivity contribution in [1.29, 1.82) is 5.26 Å². The van der Waals surface area contributed by atoms with Gasteiger partial charge < -0.3 is 5.32 Å². The molecule has 0 aliphatic heterocycles. The third-order valence-electron chi connectivity index (χ3n) is 3.20. The lowest BCUT2D eigenvalue weighted by Crippen LogP contribution is -2.22. The monoisotopic (exact) mass is 339 g/mol. The first-order valence-electron chi connectivity index (χ1n) is 6.99. The first kappa shape index (κ1) is 15.5. The van der Waals surface area contributed by atoms with Crippen molar-refractivity contribution in [3.05, 3.63) is 54.1 Å². The Kier molecular flexibility index (Phi) is 4.60. The van der Waals surface area contributed by atoms with E-state index in [0.717, 1.165) is 14.6 Å². The van der Waals surface area contributed by atoms with Crippen molar-refractivity contribution in [2.75, 3.05) is 5.32 Å². The molecule has 0 saturated heterocycles. The number of aromatic nitrogens is 1. The number of nitriles is 1. The maximum absolute atomic E-state index is 12.3. The van der Waals surface area contributed by atoms with E-state index in [-0.39, 0.29) is 11.2 Å². The lowest BCUT2D eigenvalue weighted by Gasteiger charge is -2.10. The second-order valence-electron chi connectivity index (χ2n) is 4.89. The Balaban J connectivity index is 1.65. The van der Waals surface area contributed by atoms with Crippen LogP contribution in [0, 0.1) is 11.3 Å². The van der Waals surface area contributed by atoms with Crippen molar-refractivity contribution in [3.63, 3.8) is 0 Å². The summed E-state index contributed by atoms with van der Waals surface area (Å²) < 4.78 is 2.00. The summed E-state index contributed by atoms with van der Waals surface area (Å²) in [5, 5.41) is 11.4. The predicted molar refractivity (Wildman–Crippen MR) is 94.7 cm³/mol. The van der Waals surface area contributed by atoms with E-state index < -0.39 is 0 Å². The summed E-state index contributed by atoms with van der Waals surface area (Å²) in [5.41, 5.74) is 2.21. The molecule has 1 N–H and O–H groups in total. The zero-order valence-corrected chi connectivity index (χ0v) is 13.9. The van der Waals surface area contributed by atoms with Gasteiger partial charge in [-0.3, -0.25) is 4.79 Å². The molecule has 23 heavy (non-hydrogen) atoms. The number of thioether (sulfide) groups is 1. The van der Waals surface area contributed by atoms with Crippen LogP contribution in [0.5, 0.6) is 0 Å². The largest absolute Gasteiger partial charge is 0.325 e. The quantitative estimate of drug-likeness (QED) is 0.720. The van der Waals surface area contributed by atoms with E-state index in [9.17, 15) is 4.79 Å². The number of amides is 1. The van der Waals surface area contributed by atoms with Crippen LogP contribution in [0.15, 0.2) is 52.9 Å². The summed E-state index contributed by atoms with van der Waals surface area (Å²) in [4.78, 5) is 16.8. The summed E-state index contributed by atoms with van der Waals surface area (Å²) in [5.74, 6) is -0.0843. The predicted octanol–water partition coefficient (Wildman–Crippen LogP) is 4.29. The molecule has 0 aliphatic carbocycles. The highest BCUT2D eigenvalue weighted by atomic mass is 32.2. The number of thiazole rings is 1. The molecule has 114 valence electrons. The SMILES string of the molecule is CC(Sc1nc2ccccc2s1)C(=O)Nc1ccc(C#N)cc1. The number of carbonyl (C=O) groups excluding carboxylic acids is 1. The van der Waals surface area contributed by atoms with Gasteiger partial charge in [0, 0.05) is 5.69 Å². The molecule has 1 amide bonds. The third kappa shape index (κ3) is 3.70. The summed E-state index contributed by atoms with van der Waals surface area (Å²) >= 11 is 3.04. The summed E-state index contributed by atoms with van der Waals surface area (Å²) in [7, 11) is 0. The van der Waals surface area contributed by atoms with Crippen LogP contribution in [0.1, 0.15) is 12.5 Å². The number of benzene rings is 2. The number of para-hydroxylation sites is 1. The van der Waals surface area contributed by atoms with Crippen molar-refractivity contribution in [3.8, 4) is 6.07 Å². The van der Waals surface area contributed by atoms with Crippen LogP contribution in [-0.2, 0) is 4.79 Å². The fraction of sp³-hybridized carbons (Fsp3) is 0.118. The highest BCUT2D eigenvalue weighted by molar-refractivity contribution is 8.02. The Morgan fingerprint density at radius 3 is 2.70 bits per heavy atom. The van der Waals surface area contributed by atoms with E-state index in [1.165, 1.54) is 11.8 Å². The topological polar surface area (TPSA) is 65.8 Å². The zero-order chi connectivity index (χ0) is 16.2. The Labute approximate surface area is 142 Å². The molecule has 0 bridgehead atoms. The van der Waals surface area contributed by atoms with Crippen molar-refractivity contribution < 1.29 is 4.79 Å². The molecule has 3 aromatic rings. The van der Waals surface area contributed by atoms with E-state index in [0.29, 0.717) is 11.3 Å². The molecule has 0 spiro atoms. The third-order valence-corrected chi connectivity index (χ3v) is 5.43. The summed E-state index contributed by atoms with van der Waals surface area (Å²) in [6.45, 7) is 1.86. The van der Waals surface area contributed by atoms with Crippen molar-refractivity contribution in [2.45, 2.75) is 16.5 Å². The van der Waals surface area contributed by atoms with Gasteiger partial charge >= 0.3 is 0 Å².